The summed E-state index contributed by atoms with van der Waals surface area (Å²) in [4.78, 5) is 13.6. The molecule has 5 nitrogen and oxygen atoms in total. The average molecular weight is 662 g/mol. The number of fused-ring (bicyclic) bond motifs is 1. The van der Waals surface area contributed by atoms with Gasteiger partial charge in [-0.3, -0.25) is 9.69 Å². The molecule has 0 radical (unpaired) electrons. The number of aliphatic hydroxyl groups excluding tert-OH is 1. The summed E-state index contributed by atoms with van der Waals surface area (Å²) < 4.78 is 53.3. The van der Waals surface area contributed by atoms with Crippen molar-refractivity contribution in [2.45, 2.75) is 51.1 Å². The van der Waals surface area contributed by atoms with Crippen LogP contribution in [0.1, 0.15) is 68.2 Å². The summed E-state index contributed by atoms with van der Waals surface area (Å²) >= 11 is 6.97. The topological polar surface area (TPSA) is 59.0 Å². The highest BCUT2D eigenvalue weighted by Crippen LogP contribution is 2.42. The number of carbonyl (C=O) groups is 1. The van der Waals surface area contributed by atoms with Gasteiger partial charge < -0.3 is 14.6 Å². The van der Waals surface area contributed by atoms with Crippen molar-refractivity contribution in [3.63, 3.8) is 0 Å². The van der Waals surface area contributed by atoms with Gasteiger partial charge in [0.1, 0.15) is 17.6 Å². The molecule has 0 spiro atoms. The van der Waals surface area contributed by atoms with E-state index in [1.807, 2.05) is 43.3 Å². The number of rotatable bonds is 9. The fourth-order valence-electron chi connectivity index (χ4n) is 6.60. The minimum absolute atomic E-state index is 0.0647. The van der Waals surface area contributed by atoms with Gasteiger partial charge in [0.2, 0.25) is 0 Å². The van der Waals surface area contributed by atoms with E-state index in [0.717, 1.165) is 60.7 Å². The molecule has 4 aromatic rings. The van der Waals surface area contributed by atoms with Crippen LogP contribution in [0, 0.1) is 6.92 Å². The van der Waals surface area contributed by atoms with Crippen molar-refractivity contribution < 1.29 is 32.5 Å². The number of aryl methyl sites for hydroxylation is 1. The van der Waals surface area contributed by atoms with Crippen LogP contribution in [-0.4, -0.2) is 42.6 Å². The molecule has 6 rings (SSSR count). The first-order valence-electron chi connectivity index (χ1n) is 15.6. The molecule has 1 unspecified atom stereocenters. The molecule has 1 saturated heterocycles. The lowest BCUT2D eigenvalue weighted by Gasteiger charge is -2.19. The zero-order chi connectivity index (χ0) is 33.3. The molecule has 1 aliphatic heterocycles. The van der Waals surface area contributed by atoms with Crippen molar-refractivity contribution >= 4 is 30.0 Å². The van der Waals surface area contributed by atoms with Gasteiger partial charge in [0.05, 0.1) is 29.4 Å². The second-order valence-electron chi connectivity index (χ2n) is 12.1. The zero-order valence-corrected chi connectivity index (χ0v) is 26.9. The molecule has 4 aromatic carbocycles. The molecule has 2 aliphatic rings. The highest BCUT2D eigenvalue weighted by Gasteiger charge is 2.34. The van der Waals surface area contributed by atoms with E-state index >= 15 is 0 Å². The van der Waals surface area contributed by atoms with Crippen LogP contribution in [0.5, 0.6) is 11.5 Å². The van der Waals surface area contributed by atoms with Crippen molar-refractivity contribution in [1.29, 1.82) is 0 Å². The summed E-state index contributed by atoms with van der Waals surface area (Å²) in [6.45, 7) is 4.33. The van der Waals surface area contributed by atoms with Gasteiger partial charge >= 0.3 is 6.18 Å². The standard InChI is InChI=1S/C38H35ClF3NO4/c1-23-25(10-11-27-19-36(46-2)28(22-44)18-33(27)38(40,41)42)5-3-6-30(23)32-7-4-8-35(37(32)39)47-34-14-12-26-17-24(9-13-31(26)34)20-43-16-15-29(45)21-43/h3-11,13,17-19,22,29,34,45H,12,14-16,20-21H2,1-2H3/b11-10+/t29-,34?/m1/s1. The van der Waals surface area contributed by atoms with Crippen LogP contribution in [0.2, 0.25) is 5.02 Å². The van der Waals surface area contributed by atoms with Crippen molar-refractivity contribution in [2.24, 2.45) is 0 Å². The number of hydrogen-bond acceptors (Lipinski definition) is 5. The second kappa shape index (κ2) is 13.6. The van der Waals surface area contributed by atoms with Gasteiger partial charge in [0.25, 0.3) is 0 Å². The summed E-state index contributed by atoms with van der Waals surface area (Å²) in [7, 11) is 1.31. The van der Waals surface area contributed by atoms with Gasteiger partial charge in [-0.15, -0.1) is 0 Å². The fourth-order valence-corrected chi connectivity index (χ4v) is 6.87. The van der Waals surface area contributed by atoms with Crippen molar-refractivity contribution in [3.05, 3.63) is 116 Å². The molecule has 1 heterocycles. The van der Waals surface area contributed by atoms with E-state index in [-0.39, 0.29) is 29.1 Å². The summed E-state index contributed by atoms with van der Waals surface area (Å²) in [5.41, 5.74) is 5.57. The van der Waals surface area contributed by atoms with E-state index in [9.17, 15) is 23.1 Å². The quantitative estimate of drug-likeness (QED) is 0.143. The van der Waals surface area contributed by atoms with Crippen LogP contribution >= 0.6 is 11.6 Å². The predicted octanol–water partition coefficient (Wildman–Crippen LogP) is 8.96. The Labute approximate surface area is 277 Å². The molecule has 2 atom stereocenters. The Morgan fingerprint density at radius 1 is 0.957 bits per heavy atom. The largest absolute Gasteiger partial charge is 0.496 e. The Hall–Kier alpha value is -4.11. The normalized spacial score (nSPS) is 18.1. The van der Waals surface area contributed by atoms with E-state index in [0.29, 0.717) is 29.2 Å². The van der Waals surface area contributed by atoms with Gasteiger partial charge in [-0.2, -0.15) is 13.2 Å². The fraction of sp³-hybridized carbons (Fsp3) is 0.289. The molecule has 0 saturated carbocycles. The molecule has 1 fully saturated rings. The van der Waals surface area contributed by atoms with E-state index in [1.165, 1.54) is 30.4 Å². The highest BCUT2D eigenvalue weighted by atomic mass is 35.5. The Kier molecular flexibility index (Phi) is 9.46. The van der Waals surface area contributed by atoms with Gasteiger partial charge in [-0.1, -0.05) is 72.3 Å². The number of aliphatic hydroxyl groups is 1. The number of likely N-dealkylation sites (tertiary alicyclic amines) is 1. The van der Waals surface area contributed by atoms with E-state index in [4.69, 9.17) is 21.1 Å². The monoisotopic (exact) mass is 661 g/mol. The predicted molar refractivity (Wildman–Crippen MR) is 178 cm³/mol. The Bertz CT molecular complexity index is 1840. The number of methoxy groups -OCH3 is 1. The summed E-state index contributed by atoms with van der Waals surface area (Å²) in [5, 5.41) is 10.3. The average Bonchev–Trinajstić information content (AvgIpc) is 3.65. The number of hydrogen-bond donors (Lipinski definition) is 1. The molecule has 244 valence electrons. The number of aldehydes is 1. The first-order chi connectivity index (χ1) is 22.5. The number of halogens is 4. The third-order valence-electron chi connectivity index (χ3n) is 9.06. The minimum Gasteiger partial charge on any atom is -0.496 e. The molecule has 1 aliphatic carbocycles. The minimum atomic E-state index is -4.66. The molecule has 9 heteroatoms. The van der Waals surface area contributed by atoms with Crippen LogP contribution in [0.4, 0.5) is 13.2 Å². The van der Waals surface area contributed by atoms with Crippen LogP contribution in [0.3, 0.4) is 0 Å². The Morgan fingerprint density at radius 2 is 1.72 bits per heavy atom. The summed E-state index contributed by atoms with van der Waals surface area (Å²) in [6, 6.07) is 19.8. The Balaban J connectivity index is 1.24. The lowest BCUT2D eigenvalue weighted by atomic mass is 9.95. The second-order valence-corrected chi connectivity index (χ2v) is 12.5. The SMILES string of the molecule is COc1cc(/C=C/c2cccc(-c3cccc(OC4CCc5cc(CN6CC[C@@H](O)C6)ccc54)c3Cl)c2C)c(C(F)(F)F)cc1C=O. The Morgan fingerprint density at radius 3 is 2.45 bits per heavy atom. The lowest BCUT2D eigenvalue weighted by molar-refractivity contribution is -0.137. The van der Waals surface area contributed by atoms with Crippen molar-refractivity contribution in [1.82, 2.24) is 4.90 Å². The number of alkyl halides is 3. The maximum atomic E-state index is 13.9. The number of nitrogens with zero attached hydrogens (tertiary/aromatic N) is 1. The van der Waals surface area contributed by atoms with Gasteiger partial charge in [-0.05, 0) is 83.3 Å². The summed E-state index contributed by atoms with van der Waals surface area (Å²) in [6.07, 6.45) is 0.864. The summed E-state index contributed by atoms with van der Waals surface area (Å²) in [5.74, 6) is 0.629. The van der Waals surface area contributed by atoms with E-state index in [1.54, 1.807) is 6.08 Å². The molecule has 47 heavy (non-hydrogen) atoms. The van der Waals surface area contributed by atoms with Crippen molar-refractivity contribution in [2.75, 3.05) is 20.2 Å². The molecule has 0 amide bonds. The molecule has 0 aromatic heterocycles. The number of carbonyl (C=O) groups excluding carboxylic acids is 1. The van der Waals surface area contributed by atoms with Gasteiger partial charge in [0, 0.05) is 25.2 Å². The maximum absolute atomic E-state index is 13.9. The first-order valence-corrected chi connectivity index (χ1v) is 15.9. The smallest absolute Gasteiger partial charge is 0.417 e. The van der Waals surface area contributed by atoms with Crippen LogP contribution in [-0.2, 0) is 19.1 Å². The van der Waals surface area contributed by atoms with Gasteiger partial charge in [0.15, 0.2) is 6.29 Å². The zero-order valence-electron chi connectivity index (χ0n) is 26.1. The first kappa shape index (κ1) is 32.8. The van der Waals surface area contributed by atoms with Crippen LogP contribution in [0.15, 0.2) is 66.7 Å². The lowest BCUT2D eigenvalue weighted by Crippen LogP contribution is -2.21. The maximum Gasteiger partial charge on any atom is 0.417 e. The van der Waals surface area contributed by atoms with E-state index < -0.39 is 11.7 Å². The third-order valence-corrected chi connectivity index (χ3v) is 9.45. The van der Waals surface area contributed by atoms with Crippen LogP contribution < -0.4 is 9.47 Å². The molecule has 0 bridgehead atoms. The van der Waals surface area contributed by atoms with Crippen molar-refractivity contribution in [3.8, 4) is 22.6 Å². The highest BCUT2D eigenvalue weighted by molar-refractivity contribution is 6.34. The third kappa shape index (κ3) is 6.96. The number of β-amino-alcohol motifs (C(OH)–C–C–N with tert-alkyl or cyclic N) is 1. The number of ether oxygens (including phenoxy) is 2. The molecular formula is C38H35ClF3NO4. The van der Waals surface area contributed by atoms with Crippen LogP contribution in [0.25, 0.3) is 23.3 Å². The van der Waals surface area contributed by atoms with E-state index in [2.05, 4.69) is 23.1 Å². The van der Waals surface area contributed by atoms with Gasteiger partial charge in [-0.25, -0.2) is 0 Å². The molecular weight excluding hydrogens is 627 g/mol. The number of benzene rings is 4. The molecule has 1 N–H and O–H groups in total.